The second-order valence-corrected chi connectivity index (χ2v) is 9.10. The molecule has 1 spiro atoms. The summed E-state index contributed by atoms with van der Waals surface area (Å²) in [4.78, 5) is 37.5. The number of nitrogens with one attached hydrogen (secondary N) is 2. The Bertz CT molecular complexity index is 739. The highest BCUT2D eigenvalue weighted by Crippen LogP contribution is 2.42. The van der Waals surface area contributed by atoms with Crippen molar-refractivity contribution in [1.82, 2.24) is 30.5 Å². The van der Waals surface area contributed by atoms with Crippen LogP contribution in [0, 0.1) is 0 Å². The Labute approximate surface area is 161 Å². The van der Waals surface area contributed by atoms with Crippen LogP contribution < -0.4 is 10.6 Å². The van der Waals surface area contributed by atoms with E-state index in [9.17, 15) is 14.4 Å². The maximum absolute atomic E-state index is 12.7. The van der Waals surface area contributed by atoms with Crippen LogP contribution >= 0.6 is 11.8 Å². The van der Waals surface area contributed by atoms with Crippen molar-refractivity contribution in [2.45, 2.75) is 55.9 Å². The Morgan fingerprint density at radius 3 is 2.85 bits per heavy atom. The van der Waals surface area contributed by atoms with Gasteiger partial charge in [0.05, 0.1) is 5.69 Å². The molecule has 2 saturated heterocycles. The number of hydrogen-bond donors (Lipinski definition) is 2. The molecule has 27 heavy (non-hydrogen) atoms. The van der Waals surface area contributed by atoms with Crippen LogP contribution in [0.25, 0.3) is 0 Å². The van der Waals surface area contributed by atoms with Gasteiger partial charge in [0.2, 0.25) is 5.91 Å². The first-order chi connectivity index (χ1) is 13.0. The van der Waals surface area contributed by atoms with Crippen molar-refractivity contribution < 1.29 is 14.4 Å². The molecule has 1 aromatic rings. The van der Waals surface area contributed by atoms with E-state index >= 15 is 0 Å². The molecule has 4 rings (SSSR count). The van der Waals surface area contributed by atoms with Crippen LogP contribution in [0.3, 0.4) is 0 Å². The van der Waals surface area contributed by atoms with Crippen LogP contribution in [0.1, 0.15) is 37.8 Å². The van der Waals surface area contributed by atoms with Gasteiger partial charge in [-0.15, -0.1) is 5.10 Å². The number of carbonyl (C=O) groups is 3. The minimum absolute atomic E-state index is 0.0589. The monoisotopic (exact) mass is 392 g/mol. The van der Waals surface area contributed by atoms with Gasteiger partial charge in [-0.3, -0.25) is 14.9 Å². The normalized spacial score (nSPS) is 24.7. The largest absolute Gasteiger partial charge is 0.339 e. The summed E-state index contributed by atoms with van der Waals surface area (Å²) in [6.07, 6.45) is 8.14. The molecule has 2 aliphatic heterocycles. The molecule has 4 amide bonds. The van der Waals surface area contributed by atoms with Crippen molar-refractivity contribution in [3.63, 3.8) is 0 Å². The number of rotatable bonds is 4. The van der Waals surface area contributed by atoms with Crippen molar-refractivity contribution in [2.75, 3.05) is 18.8 Å². The van der Waals surface area contributed by atoms with E-state index in [1.165, 1.54) is 36.8 Å². The van der Waals surface area contributed by atoms with Crippen molar-refractivity contribution >= 4 is 29.6 Å². The van der Waals surface area contributed by atoms with Gasteiger partial charge >= 0.3 is 6.03 Å². The Morgan fingerprint density at radius 1 is 1.30 bits per heavy atom. The van der Waals surface area contributed by atoms with Gasteiger partial charge in [0.15, 0.2) is 0 Å². The Hall–Kier alpha value is -2.10. The maximum Gasteiger partial charge on any atom is 0.322 e. The Kier molecular flexibility index (Phi) is 5.07. The number of aromatic nitrogens is 3. The summed E-state index contributed by atoms with van der Waals surface area (Å²) in [7, 11) is 0. The van der Waals surface area contributed by atoms with Gasteiger partial charge in [-0.05, 0) is 12.8 Å². The minimum Gasteiger partial charge on any atom is -0.339 e. The first-order valence-electron chi connectivity index (χ1n) is 9.45. The zero-order valence-electron chi connectivity index (χ0n) is 15.1. The third kappa shape index (κ3) is 4.10. The highest BCUT2D eigenvalue weighted by molar-refractivity contribution is 8.00. The van der Waals surface area contributed by atoms with E-state index in [0.717, 1.165) is 18.8 Å². The molecule has 0 aromatic carbocycles. The summed E-state index contributed by atoms with van der Waals surface area (Å²) in [5.41, 5.74) is 0.572. The number of hydrogen-bond acceptors (Lipinski definition) is 6. The molecule has 146 valence electrons. The standard InChI is InChI=1S/C17H24N6O3S/c24-14(22-6-7-27-17(11-22)4-2-1-3-5-17)10-23-9-12(20-21-23)8-13-15(25)19-16(26)18-13/h9,13H,1-8,10-11H2,(H2,18,19,25,26)/t13-/m1/s1. The maximum atomic E-state index is 12.7. The van der Waals surface area contributed by atoms with Gasteiger partial charge in [0, 0.05) is 36.2 Å². The van der Waals surface area contributed by atoms with Crippen molar-refractivity contribution in [3.8, 4) is 0 Å². The third-order valence-corrected chi connectivity index (χ3v) is 7.06. The van der Waals surface area contributed by atoms with E-state index in [-0.39, 0.29) is 29.5 Å². The SMILES string of the molecule is O=C1NC(=O)[C@@H](Cc2cn(CC(=O)N3CCSC4(CCCCC4)C3)nn2)N1. The number of amides is 4. The summed E-state index contributed by atoms with van der Waals surface area (Å²) in [6, 6.07) is -1.13. The highest BCUT2D eigenvalue weighted by Gasteiger charge is 2.38. The predicted molar refractivity (Wildman–Crippen MR) is 99.0 cm³/mol. The number of nitrogens with zero attached hydrogens (tertiary/aromatic N) is 4. The highest BCUT2D eigenvalue weighted by atomic mass is 32.2. The van der Waals surface area contributed by atoms with Crippen LogP contribution in [-0.4, -0.2) is 67.4 Å². The lowest BCUT2D eigenvalue weighted by Gasteiger charge is -2.44. The molecule has 1 saturated carbocycles. The first kappa shape index (κ1) is 18.3. The van der Waals surface area contributed by atoms with E-state index in [2.05, 4.69) is 20.9 Å². The molecule has 0 bridgehead atoms. The second-order valence-electron chi connectivity index (χ2n) is 7.53. The molecular weight excluding hydrogens is 368 g/mol. The topological polar surface area (TPSA) is 109 Å². The number of thioether (sulfide) groups is 1. The van der Waals surface area contributed by atoms with Crippen LogP contribution in [0.5, 0.6) is 0 Å². The molecule has 3 fully saturated rings. The van der Waals surface area contributed by atoms with E-state index in [1.807, 2.05) is 16.7 Å². The molecular formula is C17H24N6O3S. The molecule has 2 N–H and O–H groups in total. The number of carbonyl (C=O) groups excluding carboxylic acids is 3. The molecule has 0 unspecified atom stereocenters. The Morgan fingerprint density at radius 2 is 2.11 bits per heavy atom. The first-order valence-corrected chi connectivity index (χ1v) is 10.4. The average Bonchev–Trinajstić information content (AvgIpc) is 3.21. The minimum atomic E-state index is -0.636. The average molecular weight is 392 g/mol. The van der Waals surface area contributed by atoms with Gasteiger partial charge in [-0.1, -0.05) is 24.5 Å². The summed E-state index contributed by atoms with van der Waals surface area (Å²) in [5.74, 6) is 0.683. The van der Waals surface area contributed by atoms with Crippen molar-refractivity contribution in [1.29, 1.82) is 0 Å². The summed E-state index contributed by atoms with van der Waals surface area (Å²) >= 11 is 2.04. The van der Waals surface area contributed by atoms with Crippen molar-refractivity contribution in [2.24, 2.45) is 0 Å². The van der Waals surface area contributed by atoms with Gasteiger partial charge in [0.25, 0.3) is 5.91 Å². The lowest BCUT2D eigenvalue weighted by Crippen LogP contribution is -2.50. The smallest absolute Gasteiger partial charge is 0.322 e. The quantitative estimate of drug-likeness (QED) is 0.714. The van der Waals surface area contributed by atoms with E-state index in [4.69, 9.17) is 0 Å². The lowest BCUT2D eigenvalue weighted by atomic mass is 9.87. The van der Waals surface area contributed by atoms with Gasteiger partial charge in [0.1, 0.15) is 12.6 Å². The zero-order valence-corrected chi connectivity index (χ0v) is 16.0. The fourth-order valence-corrected chi connectivity index (χ4v) is 5.69. The second kappa shape index (κ2) is 7.49. The lowest BCUT2D eigenvalue weighted by molar-refractivity contribution is -0.132. The molecule has 9 nitrogen and oxygen atoms in total. The molecule has 3 heterocycles. The molecule has 10 heteroatoms. The summed E-state index contributed by atoms with van der Waals surface area (Å²) < 4.78 is 1.76. The third-order valence-electron chi connectivity index (χ3n) is 5.52. The van der Waals surface area contributed by atoms with Crippen LogP contribution in [0.15, 0.2) is 6.20 Å². The molecule has 0 radical (unpaired) electrons. The van der Waals surface area contributed by atoms with E-state index in [0.29, 0.717) is 5.69 Å². The van der Waals surface area contributed by atoms with E-state index < -0.39 is 12.1 Å². The van der Waals surface area contributed by atoms with E-state index in [1.54, 1.807) is 6.20 Å². The fourth-order valence-electron chi connectivity index (χ4n) is 4.12. The summed E-state index contributed by atoms with van der Waals surface area (Å²) in [6.45, 7) is 1.75. The number of urea groups is 1. The number of imide groups is 1. The van der Waals surface area contributed by atoms with Crippen molar-refractivity contribution in [3.05, 3.63) is 11.9 Å². The van der Waals surface area contributed by atoms with Gasteiger partial charge in [-0.2, -0.15) is 11.8 Å². The van der Waals surface area contributed by atoms with Crippen LogP contribution in [0.4, 0.5) is 4.79 Å². The molecule has 3 aliphatic rings. The predicted octanol–water partition coefficient (Wildman–Crippen LogP) is 0.307. The Balaban J connectivity index is 1.34. The molecule has 1 aromatic heterocycles. The summed E-state index contributed by atoms with van der Waals surface area (Å²) in [5, 5.41) is 12.8. The fraction of sp³-hybridized carbons (Fsp3) is 0.706. The van der Waals surface area contributed by atoms with Crippen LogP contribution in [-0.2, 0) is 22.6 Å². The zero-order chi connectivity index (χ0) is 18.9. The molecule has 1 atom stereocenters. The molecule has 1 aliphatic carbocycles. The van der Waals surface area contributed by atoms with Crippen LogP contribution in [0.2, 0.25) is 0 Å². The van der Waals surface area contributed by atoms with Gasteiger partial charge < -0.3 is 10.2 Å². The van der Waals surface area contributed by atoms with Gasteiger partial charge in [-0.25, -0.2) is 9.48 Å².